The molecule has 0 amide bonds. The Kier molecular flexibility index (Phi) is 7.65. The molecule has 0 unspecified atom stereocenters. The zero-order valence-corrected chi connectivity index (χ0v) is 14.0. The van der Waals surface area contributed by atoms with Crippen LogP contribution in [0, 0.1) is 5.41 Å². The lowest BCUT2D eigenvalue weighted by Crippen LogP contribution is -2.35. The lowest BCUT2D eigenvalue weighted by Gasteiger charge is -2.32. The van der Waals surface area contributed by atoms with Gasteiger partial charge in [0, 0.05) is 0 Å². The maximum Gasteiger partial charge on any atom is 0.320 e. The molecule has 0 aliphatic rings. The highest BCUT2D eigenvalue weighted by Crippen LogP contribution is 2.34. The van der Waals surface area contributed by atoms with Crippen molar-refractivity contribution < 1.29 is 9.53 Å². The maximum absolute atomic E-state index is 11.7. The molecule has 0 radical (unpaired) electrons. The van der Waals surface area contributed by atoms with Gasteiger partial charge in [0.2, 0.25) is 0 Å². The van der Waals surface area contributed by atoms with Gasteiger partial charge in [0.25, 0.3) is 0 Å². The fraction of sp³-hybridized carbons (Fsp3) is 0.938. The third kappa shape index (κ3) is 7.56. The molecule has 3 heteroatoms. The van der Waals surface area contributed by atoms with Crippen LogP contribution in [0.5, 0.6) is 0 Å². The van der Waals surface area contributed by atoms with Crippen molar-refractivity contribution in [2.24, 2.45) is 5.41 Å². The van der Waals surface area contributed by atoms with Gasteiger partial charge in [0.15, 0.2) is 0 Å². The molecule has 0 rings (SSSR count). The van der Waals surface area contributed by atoms with Gasteiger partial charge < -0.3 is 4.74 Å². The minimum atomic E-state index is -0.391. The predicted octanol–water partition coefficient (Wildman–Crippen LogP) is 3.87. The second kappa shape index (κ2) is 7.88. The molecular weight excluding hydrogens is 238 g/mol. The van der Waals surface area contributed by atoms with Gasteiger partial charge in [-0.2, -0.15) is 0 Å². The van der Waals surface area contributed by atoms with E-state index in [0.717, 1.165) is 13.0 Å². The van der Waals surface area contributed by atoms with E-state index in [0.29, 0.717) is 12.0 Å². The number of carbonyl (C=O) groups is 1. The van der Waals surface area contributed by atoms with Crippen LogP contribution < -0.4 is 0 Å². The van der Waals surface area contributed by atoms with Crippen molar-refractivity contribution in [3.05, 3.63) is 0 Å². The predicted molar refractivity (Wildman–Crippen MR) is 81.3 cm³/mol. The van der Waals surface area contributed by atoms with E-state index in [1.54, 1.807) is 0 Å². The summed E-state index contributed by atoms with van der Waals surface area (Å²) in [4.78, 5) is 13.8. The summed E-state index contributed by atoms with van der Waals surface area (Å²) in [5.74, 6) is -0.134. The van der Waals surface area contributed by atoms with Crippen molar-refractivity contribution in [3.8, 4) is 0 Å². The second-order valence-electron chi connectivity index (χ2n) is 6.63. The van der Waals surface area contributed by atoms with Gasteiger partial charge in [0.05, 0.1) is 6.54 Å². The Morgan fingerprint density at radius 2 is 1.53 bits per heavy atom. The molecule has 0 bridgehead atoms. The topological polar surface area (TPSA) is 29.5 Å². The highest BCUT2D eigenvalue weighted by atomic mass is 16.6. The Morgan fingerprint density at radius 1 is 1.05 bits per heavy atom. The molecule has 3 nitrogen and oxygen atoms in total. The highest BCUT2D eigenvalue weighted by molar-refractivity contribution is 5.72. The maximum atomic E-state index is 11.7. The number of ether oxygens (including phenoxy) is 1. The number of likely N-dealkylation sites (N-methyl/N-ethyl adjacent to an activating group) is 1. The lowest BCUT2D eigenvalue weighted by molar-refractivity contribution is -0.155. The molecule has 0 saturated heterocycles. The number of hydrogen-bond acceptors (Lipinski definition) is 3. The standard InChI is InChI=1S/C16H33NO2/c1-8-16(9-2,10-3)11-12-17(7)13-14(18)19-15(4,5)6/h8-13H2,1-7H3. The third-order valence-electron chi connectivity index (χ3n) is 4.09. The van der Waals surface area contributed by atoms with Gasteiger partial charge >= 0.3 is 5.97 Å². The van der Waals surface area contributed by atoms with Gasteiger partial charge in [-0.25, -0.2) is 0 Å². The van der Waals surface area contributed by atoms with Gasteiger partial charge in [-0.1, -0.05) is 40.0 Å². The highest BCUT2D eigenvalue weighted by Gasteiger charge is 2.24. The zero-order valence-electron chi connectivity index (χ0n) is 14.0. The first-order chi connectivity index (χ1) is 8.68. The first kappa shape index (κ1) is 18.4. The van der Waals surface area contributed by atoms with Crippen LogP contribution >= 0.6 is 0 Å². The van der Waals surface area contributed by atoms with Crippen LogP contribution in [0.4, 0.5) is 0 Å². The fourth-order valence-electron chi connectivity index (χ4n) is 2.38. The molecular formula is C16H33NO2. The minimum Gasteiger partial charge on any atom is -0.459 e. The van der Waals surface area contributed by atoms with E-state index < -0.39 is 5.60 Å². The van der Waals surface area contributed by atoms with Gasteiger partial charge in [-0.3, -0.25) is 9.69 Å². The third-order valence-corrected chi connectivity index (χ3v) is 4.09. The minimum absolute atomic E-state index is 0.134. The van der Waals surface area contributed by atoms with Crippen LogP contribution in [-0.2, 0) is 9.53 Å². The molecule has 0 saturated carbocycles. The SMILES string of the molecule is CCC(CC)(CC)CCN(C)CC(=O)OC(C)(C)C. The summed E-state index contributed by atoms with van der Waals surface area (Å²) < 4.78 is 5.34. The molecule has 0 aromatic heterocycles. The summed E-state index contributed by atoms with van der Waals surface area (Å²) in [6.07, 6.45) is 4.77. The lowest BCUT2D eigenvalue weighted by atomic mass is 9.77. The van der Waals surface area contributed by atoms with Crippen LogP contribution in [0.2, 0.25) is 0 Å². The molecule has 0 aliphatic heterocycles. The molecule has 114 valence electrons. The number of rotatable bonds is 8. The summed E-state index contributed by atoms with van der Waals surface area (Å²) in [6, 6.07) is 0. The number of carbonyl (C=O) groups excluding carboxylic acids is 1. The van der Waals surface area contributed by atoms with Crippen molar-refractivity contribution in [1.82, 2.24) is 4.90 Å². The largest absolute Gasteiger partial charge is 0.459 e. The first-order valence-electron chi connectivity index (χ1n) is 7.58. The van der Waals surface area contributed by atoms with Crippen LogP contribution in [0.1, 0.15) is 67.2 Å². The first-order valence-corrected chi connectivity index (χ1v) is 7.58. The number of esters is 1. The normalized spacial score (nSPS) is 12.8. The Labute approximate surface area is 119 Å². The molecule has 0 atom stereocenters. The summed E-state index contributed by atoms with van der Waals surface area (Å²) >= 11 is 0. The van der Waals surface area contributed by atoms with Crippen LogP contribution in [-0.4, -0.2) is 36.6 Å². The van der Waals surface area contributed by atoms with E-state index in [2.05, 4.69) is 25.7 Å². The Morgan fingerprint density at radius 3 is 1.89 bits per heavy atom. The molecule has 0 aromatic carbocycles. The van der Waals surface area contributed by atoms with E-state index in [-0.39, 0.29) is 5.97 Å². The van der Waals surface area contributed by atoms with Crippen molar-refractivity contribution >= 4 is 5.97 Å². The van der Waals surface area contributed by atoms with Crippen LogP contribution in [0.3, 0.4) is 0 Å². The molecule has 0 heterocycles. The average Bonchev–Trinajstić information content (AvgIpc) is 2.29. The van der Waals surface area contributed by atoms with E-state index in [9.17, 15) is 4.79 Å². The Hall–Kier alpha value is -0.570. The van der Waals surface area contributed by atoms with E-state index in [1.165, 1.54) is 19.3 Å². The monoisotopic (exact) mass is 271 g/mol. The van der Waals surface area contributed by atoms with Crippen molar-refractivity contribution in [2.45, 2.75) is 72.8 Å². The Balaban J connectivity index is 4.18. The summed E-state index contributed by atoms with van der Waals surface area (Å²) in [6.45, 7) is 13.8. The van der Waals surface area contributed by atoms with Gasteiger partial charge in [0.1, 0.15) is 5.60 Å². The summed E-state index contributed by atoms with van der Waals surface area (Å²) in [5.41, 5.74) is 0.0418. The molecule has 0 aliphatic carbocycles. The van der Waals surface area contributed by atoms with Gasteiger partial charge in [-0.15, -0.1) is 0 Å². The molecule has 0 spiro atoms. The zero-order chi connectivity index (χ0) is 15.1. The molecule has 0 fully saturated rings. The fourth-order valence-corrected chi connectivity index (χ4v) is 2.38. The molecule has 0 N–H and O–H groups in total. The van der Waals surface area contributed by atoms with Crippen molar-refractivity contribution in [1.29, 1.82) is 0 Å². The summed E-state index contributed by atoms with van der Waals surface area (Å²) in [7, 11) is 2.00. The van der Waals surface area contributed by atoms with E-state index in [4.69, 9.17) is 4.74 Å². The van der Waals surface area contributed by atoms with Crippen LogP contribution in [0.15, 0.2) is 0 Å². The van der Waals surface area contributed by atoms with Crippen molar-refractivity contribution in [3.63, 3.8) is 0 Å². The number of hydrogen-bond donors (Lipinski definition) is 0. The average molecular weight is 271 g/mol. The van der Waals surface area contributed by atoms with E-state index in [1.807, 2.05) is 27.8 Å². The van der Waals surface area contributed by atoms with Gasteiger partial charge in [-0.05, 0) is 46.2 Å². The quantitative estimate of drug-likeness (QED) is 0.628. The Bertz CT molecular complexity index is 256. The number of nitrogens with zero attached hydrogens (tertiary/aromatic N) is 1. The van der Waals surface area contributed by atoms with Crippen LogP contribution in [0.25, 0.3) is 0 Å². The molecule has 0 aromatic rings. The van der Waals surface area contributed by atoms with E-state index >= 15 is 0 Å². The van der Waals surface area contributed by atoms with Crippen molar-refractivity contribution in [2.75, 3.05) is 20.1 Å². The molecule has 19 heavy (non-hydrogen) atoms. The summed E-state index contributed by atoms with van der Waals surface area (Å²) in [5, 5.41) is 0. The smallest absolute Gasteiger partial charge is 0.320 e. The second-order valence-corrected chi connectivity index (χ2v) is 6.63.